The highest BCUT2D eigenvalue weighted by Gasteiger charge is 2.24. The Morgan fingerprint density at radius 2 is 1.77 bits per heavy atom. The van der Waals surface area contributed by atoms with Gasteiger partial charge >= 0.3 is 0 Å². The predicted octanol–water partition coefficient (Wildman–Crippen LogP) is 3.48. The van der Waals surface area contributed by atoms with E-state index in [1.165, 1.54) is 32.1 Å². The fourth-order valence-corrected chi connectivity index (χ4v) is 3.57. The summed E-state index contributed by atoms with van der Waals surface area (Å²) >= 11 is 0. The molecular weight excluding hydrogens is 274 g/mol. The van der Waals surface area contributed by atoms with Crippen molar-refractivity contribution in [1.82, 2.24) is 9.88 Å². The minimum Gasteiger partial charge on any atom is -0.357 e. The van der Waals surface area contributed by atoms with Crippen LogP contribution in [0.1, 0.15) is 62.2 Å². The van der Waals surface area contributed by atoms with Crippen molar-refractivity contribution in [1.29, 1.82) is 0 Å². The number of carbonyl (C=O) groups excluding carboxylic acids is 1. The maximum absolute atomic E-state index is 12.6. The van der Waals surface area contributed by atoms with Gasteiger partial charge < -0.3 is 9.80 Å². The van der Waals surface area contributed by atoms with Crippen LogP contribution in [0.3, 0.4) is 0 Å². The number of aromatic nitrogens is 1. The molecule has 0 saturated carbocycles. The summed E-state index contributed by atoms with van der Waals surface area (Å²) in [7, 11) is 0. The maximum Gasteiger partial charge on any atom is 0.255 e. The molecule has 0 spiro atoms. The highest BCUT2D eigenvalue weighted by atomic mass is 16.2. The average Bonchev–Trinajstić information content (AvgIpc) is 2.84. The van der Waals surface area contributed by atoms with Gasteiger partial charge in [-0.2, -0.15) is 0 Å². The molecule has 0 aliphatic carbocycles. The lowest BCUT2D eigenvalue weighted by Crippen LogP contribution is -2.42. The van der Waals surface area contributed by atoms with Crippen LogP contribution in [0.4, 0.5) is 5.82 Å². The van der Waals surface area contributed by atoms with E-state index in [1.807, 2.05) is 17.0 Å². The van der Waals surface area contributed by atoms with Crippen molar-refractivity contribution in [3.05, 3.63) is 23.9 Å². The highest BCUT2D eigenvalue weighted by molar-refractivity contribution is 5.94. The summed E-state index contributed by atoms with van der Waals surface area (Å²) in [5.74, 6) is 1.16. The van der Waals surface area contributed by atoms with Crippen LogP contribution in [0, 0.1) is 0 Å². The monoisotopic (exact) mass is 301 g/mol. The smallest absolute Gasteiger partial charge is 0.255 e. The molecule has 1 aromatic heterocycles. The number of carbonyl (C=O) groups is 1. The van der Waals surface area contributed by atoms with Gasteiger partial charge in [-0.1, -0.05) is 12.8 Å². The fourth-order valence-electron chi connectivity index (χ4n) is 3.57. The summed E-state index contributed by atoms with van der Waals surface area (Å²) in [6, 6.07) is 4.33. The molecule has 1 amide bonds. The summed E-state index contributed by atoms with van der Waals surface area (Å²) in [4.78, 5) is 21.5. The van der Waals surface area contributed by atoms with Gasteiger partial charge in [-0.25, -0.2) is 4.98 Å². The van der Waals surface area contributed by atoms with Crippen LogP contribution < -0.4 is 4.90 Å². The predicted molar refractivity (Wildman–Crippen MR) is 89.3 cm³/mol. The van der Waals surface area contributed by atoms with Crippen molar-refractivity contribution in [3.63, 3.8) is 0 Å². The largest absolute Gasteiger partial charge is 0.357 e. The second kappa shape index (κ2) is 7.12. The number of pyridine rings is 1. The molecule has 3 rings (SSSR count). The van der Waals surface area contributed by atoms with E-state index in [2.05, 4.69) is 16.8 Å². The van der Waals surface area contributed by atoms with Crippen LogP contribution >= 0.6 is 0 Å². The normalized spacial score (nSPS) is 23.2. The van der Waals surface area contributed by atoms with Crippen molar-refractivity contribution in [2.75, 3.05) is 24.5 Å². The zero-order chi connectivity index (χ0) is 15.4. The van der Waals surface area contributed by atoms with E-state index in [1.54, 1.807) is 6.20 Å². The minimum absolute atomic E-state index is 0.141. The Morgan fingerprint density at radius 1 is 1.05 bits per heavy atom. The number of nitrogens with zero attached hydrogens (tertiary/aromatic N) is 3. The molecule has 2 aliphatic heterocycles. The zero-order valence-corrected chi connectivity index (χ0v) is 13.6. The van der Waals surface area contributed by atoms with Gasteiger partial charge in [-0.3, -0.25) is 4.79 Å². The van der Waals surface area contributed by atoms with Crippen LogP contribution in [0.15, 0.2) is 18.3 Å². The Hall–Kier alpha value is -1.58. The number of likely N-dealkylation sites (tertiary alicyclic amines) is 1. The van der Waals surface area contributed by atoms with Crippen molar-refractivity contribution in [2.45, 2.75) is 57.9 Å². The zero-order valence-electron chi connectivity index (χ0n) is 13.6. The number of anilines is 1. The molecule has 120 valence electrons. The highest BCUT2D eigenvalue weighted by Crippen LogP contribution is 2.21. The maximum atomic E-state index is 12.6. The van der Waals surface area contributed by atoms with E-state index in [0.29, 0.717) is 6.04 Å². The summed E-state index contributed by atoms with van der Waals surface area (Å²) in [6.45, 7) is 5.21. The first-order valence-electron chi connectivity index (χ1n) is 8.77. The van der Waals surface area contributed by atoms with Crippen molar-refractivity contribution < 1.29 is 4.79 Å². The molecule has 0 bridgehead atoms. The molecular formula is C18H27N3O. The van der Waals surface area contributed by atoms with Crippen molar-refractivity contribution >= 4 is 11.7 Å². The Kier molecular flexibility index (Phi) is 4.96. The lowest BCUT2D eigenvalue weighted by molar-refractivity contribution is 0.0635. The molecule has 1 atom stereocenters. The molecule has 4 heteroatoms. The molecule has 1 aromatic rings. The molecule has 0 radical (unpaired) electrons. The summed E-state index contributed by atoms with van der Waals surface area (Å²) in [5, 5.41) is 0. The lowest BCUT2D eigenvalue weighted by Gasteiger charge is -2.33. The molecule has 2 fully saturated rings. The van der Waals surface area contributed by atoms with Gasteiger partial charge in [0.15, 0.2) is 0 Å². The fraction of sp³-hybridized carbons (Fsp3) is 0.667. The Labute approximate surface area is 133 Å². The van der Waals surface area contributed by atoms with E-state index >= 15 is 0 Å². The molecule has 2 aliphatic rings. The Bertz CT molecular complexity index is 492. The standard InChI is InChI=1S/C18H27N3O/c1-15-8-4-7-13-21(15)18(22)16-9-10-17(19-14-16)20-11-5-2-3-6-12-20/h9-10,14-15H,2-8,11-13H2,1H3/t15-/m0/s1. The number of hydrogen-bond donors (Lipinski definition) is 0. The number of hydrogen-bond acceptors (Lipinski definition) is 3. The van der Waals surface area contributed by atoms with Crippen molar-refractivity contribution in [2.24, 2.45) is 0 Å². The van der Waals surface area contributed by atoms with Crippen LogP contribution in [-0.4, -0.2) is 41.5 Å². The van der Waals surface area contributed by atoms with Crippen LogP contribution in [0.25, 0.3) is 0 Å². The first-order chi connectivity index (χ1) is 10.8. The average molecular weight is 301 g/mol. The third-order valence-electron chi connectivity index (χ3n) is 4.99. The summed E-state index contributed by atoms with van der Waals surface area (Å²) < 4.78 is 0. The SMILES string of the molecule is C[C@H]1CCCCN1C(=O)c1ccc(N2CCCCCC2)nc1. The van der Waals surface area contributed by atoms with Crippen LogP contribution in [0.5, 0.6) is 0 Å². The quantitative estimate of drug-likeness (QED) is 0.839. The lowest BCUT2D eigenvalue weighted by atomic mass is 10.0. The number of rotatable bonds is 2. The van der Waals surface area contributed by atoms with Gasteiger partial charge in [0.1, 0.15) is 5.82 Å². The third kappa shape index (κ3) is 3.42. The summed E-state index contributed by atoms with van der Waals surface area (Å²) in [6.07, 6.45) is 10.4. The van der Waals surface area contributed by atoms with Gasteiger partial charge in [0.25, 0.3) is 5.91 Å². The van der Waals surface area contributed by atoms with E-state index in [0.717, 1.165) is 43.9 Å². The van der Waals surface area contributed by atoms with E-state index in [4.69, 9.17) is 0 Å². The second-order valence-corrected chi connectivity index (χ2v) is 6.65. The van der Waals surface area contributed by atoms with E-state index < -0.39 is 0 Å². The van der Waals surface area contributed by atoms with Gasteiger partial charge in [-0.05, 0) is 51.2 Å². The second-order valence-electron chi connectivity index (χ2n) is 6.65. The van der Waals surface area contributed by atoms with Crippen molar-refractivity contribution in [3.8, 4) is 0 Å². The molecule has 22 heavy (non-hydrogen) atoms. The first-order valence-corrected chi connectivity index (χ1v) is 8.77. The van der Waals surface area contributed by atoms with Crippen LogP contribution in [0.2, 0.25) is 0 Å². The van der Waals surface area contributed by atoms with Crippen LogP contribution in [-0.2, 0) is 0 Å². The summed E-state index contributed by atoms with van der Waals surface area (Å²) in [5.41, 5.74) is 0.729. The molecule has 0 aromatic carbocycles. The van der Waals surface area contributed by atoms with E-state index in [-0.39, 0.29) is 5.91 Å². The van der Waals surface area contributed by atoms with E-state index in [9.17, 15) is 4.79 Å². The third-order valence-corrected chi connectivity index (χ3v) is 4.99. The minimum atomic E-state index is 0.141. The topological polar surface area (TPSA) is 36.4 Å². The Balaban J connectivity index is 1.69. The van der Waals surface area contributed by atoms with Gasteiger partial charge in [0, 0.05) is 31.9 Å². The first kappa shape index (κ1) is 15.3. The molecule has 4 nitrogen and oxygen atoms in total. The molecule has 3 heterocycles. The number of amides is 1. The van der Waals surface area contributed by atoms with Gasteiger partial charge in [-0.15, -0.1) is 0 Å². The Morgan fingerprint density at radius 3 is 2.41 bits per heavy atom. The molecule has 0 unspecified atom stereocenters. The molecule has 2 saturated heterocycles. The number of piperidine rings is 1. The van der Waals surface area contributed by atoms with Gasteiger partial charge in [0.2, 0.25) is 0 Å². The molecule has 0 N–H and O–H groups in total. The van der Waals surface area contributed by atoms with Gasteiger partial charge in [0.05, 0.1) is 5.56 Å².